The first-order chi connectivity index (χ1) is 7.73. The van der Waals surface area contributed by atoms with Crippen molar-refractivity contribution >= 4 is 0 Å². The smallest absolute Gasteiger partial charge is 0.0586 e. The molecule has 1 fully saturated rings. The predicted molar refractivity (Wildman–Crippen MR) is 73.2 cm³/mol. The van der Waals surface area contributed by atoms with Gasteiger partial charge >= 0.3 is 0 Å². The van der Waals surface area contributed by atoms with E-state index >= 15 is 0 Å². The molecule has 1 rings (SSSR count). The van der Waals surface area contributed by atoms with Gasteiger partial charge in [-0.25, -0.2) is 0 Å². The van der Waals surface area contributed by atoms with Gasteiger partial charge in [-0.1, -0.05) is 13.8 Å². The number of hydrogen-bond acceptors (Lipinski definition) is 3. The van der Waals surface area contributed by atoms with E-state index in [1.54, 1.807) is 0 Å². The van der Waals surface area contributed by atoms with Gasteiger partial charge in [0.15, 0.2) is 0 Å². The van der Waals surface area contributed by atoms with E-state index < -0.39 is 0 Å². The summed E-state index contributed by atoms with van der Waals surface area (Å²) in [6.45, 7) is 14.8. The van der Waals surface area contributed by atoms with Crippen molar-refractivity contribution in [1.82, 2.24) is 10.2 Å². The van der Waals surface area contributed by atoms with Gasteiger partial charge in [0.25, 0.3) is 0 Å². The molecule has 0 radical (unpaired) electrons. The summed E-state index contributed by atoms with van der Waals surface area (Å²) in [5, 5.41) is 12.9. The maximum atomic E-state index is 9.34. The Balaban J connectivity index is 2.42. The van der Waals surface area contributed by atoms with E-state index in [-0.39, 0.29) is 11.0 Å². The molecule has 0 aromatic carbocycles. The van der Waals surface area contributed by atoms with Gasteiger partial charge in [-0.15, -0.1) is 0 Å². The molecule has 0 saturated carbocycles. The van der Waals surface area contributed by atoms with Gasteiger partial charge in [-0.3, -0.25) is 4.90 Å². The molecule has 1 heterocycles. The molecular formula is C14H30N2O. The van der Waals surface area contributed by atoms with Gasteiger partial charge in [-0.2, -0.15) is 0 Å². The summed E-state index contributed by atoms with van der Waals surface area (Å²) in [6.07, 6.45) is 2.38. The summed E-state index contributed by atoms with van der Waals surface area (Å²) in [7, 11) is 0. The standard InChI is InChI=1S/C14H30N2O/c1-13(2,3)15-10-14(4,5)11-16-8-6-7-12(16)9-17/h12,15,17H,6-11H2,1-5H3. The summed E-state index contributed by atoms with van der Waals surface area (Å²) in [5.41, 5.74) is 0.434. The molecule has 0 aliphatic carbocycles. The van der Waals surface area contributed by atoms with Crippen molar-refractivity contribution in [2.45, 2.75) is 59.0 Å². The summed E-state index contributed by atoms with van der Waals surface area (Å²) >= 11 is 0. The van der Waals surface area contributed by atoms with E-state index in [1.165, 1.54) is 6.42 Å². The lowest BCUT2D eigenvalue weighted by molar-refractivity contribution is 0.113. The van der Waals surface area contributed by atoms with Crippen LogP contribution >= 0.6 is 0 Å². The van der Waals surface area contributed by atoms with Crippen molar-refractivity contribution < 1.29 is 5.11 Å². The molecule has 3 nitrogen and oxygen atoms in total. The first kappa shape index (κ1) is 14.9. The molecule has 0 bridgehead atoms. The summed E-state index contributed by atoms with van der Waals surface area (Å²) < 4.78 is 0. The van der Waals surface area contributed by atoms with E-state index in [0.29, 0.717) is 12.6 Å². The number of likely N-dealkylation sites (tertiary alicyclic amines) is 1. The molecular weight excluding hydrogens is 212 g/mol. The summed E-state index contributed by atoms with van der Waals surface area (Å²) in [6, 6.07) is 0.393. The Morgan fingerprint density at radius 3 is 2.41 bits per heavy atom. The molecule has 0 aromatic rings. The van der Waals surface area contributed by atoms with Crippen LogP contribution in [0, 0.1) is 5.41 Å². The highest BCUT2D eigenvalue weighted by molar-refractivity contribution is 4.86. The average molecular weight is 242 g/mol. The van der Waals surface area contributed by atoms with Gasteiger partial charge in [0.05, 0.1) is 6.61 Å². The van der Waals surface area contributed by atoms with E-state index in [2.05, 4.69) is 44.8 Å². The number of rotatable bonds is 5. The molecule has 1 aliphatic heterocycles. The first-order valence-corrected chi connectivity index (χ1v) is 6.83. The number of nitrogens with one attached hydrogen (secondary N) is 1. The van der Waals surface area contributed by atoms with Crippen LogP contribution < -0.4 is 5.32 Å². The van der Waals surface area contributed by atoms with Gasteiger partial charge in [0, 0.05) is 24.7 Å². The van der Waals surface area contributed by atoms with E-state index in [1.807, 2.05) is 0 Å². The normalized spacial score (nSPS) is 23.3. The van der Waals surface area contributed by atoms with Crippen molar-refractivity contribution in [3.05, 3.63) is 0 Å². The van der Waals surface area contributed by atoms with E-state index in [0.717, 1.165) is 26.1 Å². The molecule has 2 N–H and O–H groups in total. The monoisotopic (exact) mass is 242 g/mol. The van der Waals surface area contributed by atoms with E-state index in [9.17, 15) is 5.11 Å². The average Bonchev–Trinajstić information content (AvgIpc) is 2.61. The van der Waals surface area contributed by atoms with Gasteiger partial charge in [0.2, 0.25) is 0 Å². The second kappa shape index (κ2) is 5.68. The van der Waals surface area contributed by atoms with Crippen LogP contribution in [0.3, 0.4) is 0 Å². The fourth-order valence-corrected chi connectivity index (χ4v) is 2.42. The molecule has 0 aromatic heterocycles. The van der Waals surface area contributed by atoms with Crippen LogP contribution in [-0.2, 0) is 0 Å². The number of nitrogens with zero attached hydrogens (tertiary/aromatic N) is 1. The van der Waals surface area contributed by atoms with Crippen LogP contribution in [0.2, 0.25) is 0 Å². The molecule has 3 heteroatoms. The van der Waals surface area contributed by atoms with Crippen LogP contribution in [0.5, 0.6) is 0 Å². The van der Waals surface area contributed by atoms with Crippen molar-refractivity contribution in [2.75, 3.05) is 26.2 Å². The van der Waals surface area contributed by atoms with Gasteiger partial charge in [0.1, 0.15) is 0 Å². The maximum Gasteiger partial charge on any atom is 0.0586 e. The Hall–Kier alpha value is -0.120. The van der Waals surface area contributed by atoms with Crippen LogP contribution in [0.15, 0.2) is 0 Å². The van der Waals surface area contributed by atoms with Crippen LogP contribution in [0.4, 0.5) is 0 Å². The third-order valence-electron chi connectivity index (χ3n) is 3.44. The van der Waals surface area contributed by atoms with Crippen molar-refractivity contribution in [3.8, 4) is 0 Å². The molecule has 0 spiro atoms. The number of aliphatic hydroxyl groups is 1. The summed E-state index contributed by atoms with van der Waals surface area (Å²) in [5.74, 6) is 0. The minimum atomic E-state index is 0.179. The van der Waals surface area contributed by atoms with Gasteiger partial charge < -0.3 is 10.4 Å². The van der Waals surface area contributed by atoms with Crippen LogP contribution in [0.1, 0.15) is 47.5 Å². The van der Waals surface area contributed by atoms with E-state index in [4.69, 9.17) is 0 Å². The fourth-order valence-electron chi connectivity index (χ4n) is 2.42. The molecule has 1 saturated heterocycles. The quantitative estimate of drug-likeness (QED) is 0.772. The van der Waals surface area contributed by atoms with Crippen molar-refractivity contribution in [3.63, 3.8) is 0 Å². The molecule has 1 unspecified atom stereocenters. The Morgan fingerprint density at radius 1 is 1.24 bits per heavy atom. The molecule has 0 amide bonds. The highest BCUT2D eigenvalue weighted by Crippen LogP contribution is 2.24. The highest BCUT2D eigenvalue weighted by atomic mass is 16.3. The SMILES string of the molecule is CC(C)(CNC(C)(C)C)CN1CCCC1CO. The predicted octanol–water partition coefficient (Wildman–Crippen LogP) is 1.86. The summed E-state index contributed by atoms with van der Waals surface area (Å²) in [4.78, 5) is 2.45. The first-order valence-electron chi connectivity index (χ1n) is 6.83. The second-order valence-corrected chi connectivity index (χ2v) is 7.22. The number of aliphatic hydroxyl groups excluding tert-OH is 1. The maximum absolute atomic E-state index is 9.34. The highest BCUT2D eigenvalue weighted by Gasteiger charge is 2.30. The zero-order chi connectivity index (χ0) is 13.1. The zero-order valence-electron chi connectivity index (χ0n) is 12.2. The Labute approximate surface area is 107 Å². The second-order valence-electron chi connectivity index (χ2n) is 7.22. The minimum absolute atomic E-state index is 0.179. The Bertz CT molecular complexity index is 233. The molecule has 102 valence electrons. The zero-order valence-corrected chi connectivity index (χ0v) is 12.2. The van der Waals surface area contributed by atoms with Crippen molar-refractivity contribution in [1.29, 1.82) is 0 Å². The van der Waals surface area contributed by atoms with Crippen LogP contribution in [0.25, 0.3) is 0 Å². The molecule has 17 heavy (non-hydrogen) atoms. The van der Waals surface area contributed by atoms with Crippen LogP contribution in [-0.4, -0.2) is 47.8 Å². The lowest BCUT2D eigenvalue weighted by atomic mass is 9.91. The molecule has 1 atom stereocenters. The Kier molecular flexibility index (Phi) is 4.99. The lowest BCUT2D eigenvalue weighted by Gasteiger charge is -2.35. The van der Waals surface area contributed by atoms with Gasteiger partial charge in [-0.05, 0) is 45.6 Å². The number of hydrogen-bond donors (Lipinski definition) is 2. The minimum Gasteiger partial charge on any atom is -0.395 e. The topological polar surface area (TPSA) is 35.5 Å². The molecule has 1 aliphatic rings. The largest absolute Gasteiger partial charge is 0.395 e. The van der Waals surface area contributed by atoms with Crippen molar-refractivity contribution in [2.24, 2.45) is 5.41 Å². The fraction of sp³-hybridized carbons (Fsp3) is 1.00. The third kappa shape index (κ3) is 5.36. The lowest BCUT2D eigenvalue weighted by Crippen LogP contribution is -2.47. The Morgan fingerprint density at radius 2 is 1.88 bits per heavy atom. The third-order valence-corrected chi connectivity index (χ3v) is 3.44.